The van der Waals surface area contributed by atoms with Gasteiger partial charge in [0.25, 0.3) is 5.56 Å². The zero-order valence-corrected chi connectivity index (χ0v) is 17.9. The molecule has 0 radical (unpaired) electrons. The lowest BCUT2D eigenvalue weighted by Crippen LogP contribution is -2.47. The maximum absolute atomic E-state index is 12.7. The molecule has 4 rings (SSSR count). The van der Waals surface area contributed by atoms with Crippen LogP contribution in [0, 0.1) is 0 Å². The Balaban J connectivity index is 1.50. The van der Waals surface area contributed by atoms with E-state index in [1.807, 2.05) is 0 Å². The molecular weight excluding hydrogens is 364 g/mol. The number of H-pyrrole nitrogens is 1. The van der Waals surface area contributed by atoms with Crippen LogP contribution in [0.1, 0.15) is 56.0 Å². The molecule has 6 heteroatoms. The number of benzene rings is 1. The Morgan fingerprint density at radius 2 is 1.86 bits per heavy atom. The fraction of sp³-hybridized carbons (Fsp3) is 0.565. The quantitative estimate of drug-likeness (QED) is 0.861. The van der Waals surface area contributed by atoms with Gasteiger partial charge in [-0.1, -0.05) is 38.1 Å². The number of aromatic nitrogens is 2. The molecule has 0 unspecified atom stereocenters. The molecule has 3 heterocycles. The van der Waals surface area contributed by atoms with E-state index >= 15 is 0 Å². The molecule has 1 saturated heterocycles. The first-order chi connectivity index (χ1) is 13.9. The number of hydrogen-bond donors (Lipinski definition) is 1. The van der Waals surface area contributed by atoms with Crippen molar-refractivity contribution in [3.8, 4) is 0 Å². The van der Waals surface area contributed by atoms with Gasteiger partial charge in [0.05, 0.1) is 17.9 Å². The van der Waals surface area contributed by atoms with Crippen LogP contribution in [0.3, 0.4) is 0 Å². The van der Waals surface area contributed by atoms with E-state index < -0.39 is 0 Å². The van der Waals surface area contributed by atoms with Crippen molar-refractivity contribution in [1.29, 1.82) is 0 Å². The average Bonchev–Trinajstić information content (AvgIpc) is 2.67. The number of morpholine rings is 1. The van der Waals surface area contributed by atoms with E-state index in [0.717, 1.165) is 43.9 Å². The Hall–Kier alpha value is -2.18. The summed E-state index contributed by atoms with van der Waals surface area (Å²) in [5.41, 5.74) is 4.44. The number of aromatic amines is 1. The van der Waals surface area contributed by atoms with Crippen molar-refractivity contribution in [3.05, 3.63) is 57.0 Å². The molecule has 0 spiro atoms. The molecule has 1 N–H and O–H groups in total. The predicted molar refractivity (Wildman–Crippen MR) is 115 cm³/mol. The zero-order chi connectivity index (χ0) is 20.5. The standard InChI is InChI=1S/C23H32N4O2/c1-15(2)19-7-5-18(6-8-19)13-26-10-9-20-21(14-26)24-23(25-22(20)28)27-11-16(3)29-17(4)12-27/h5-8,15-17H,9-14H2,1-4H3,(H,24,25,28)/t16-,17+. The van der Waals surface area contributed by atoms with Crippen LogP contribution < -0.4 is 10.5 Å². The van der Waals surface area contributed by atoms with E-state index in [1.54, 1.807) is 0 Å². The van der Waals surface area contributed by atoms with Crippen molar-refractivity contribution in [2.45, 2.75) is 65.3 Å². The summed E-state index contributed by atoms with van der Waals surface area (Å²) in [6.07, 6.45) is 1.01. The van der Waals surface area contributed by atoms with Gasteiger partial charge in [0.1, 0.15) is 0 Å². The largest absolute Gasteiger partial charge is 0.372 e. The zero-order valence-electron chi connectivity index (χ0n) is 17.9. The lowest BCUT2D eigenvalue weighted by atomic mass is 10.0. The van der Waals surface area contributed by atoms with Gasteiger partial charge in [-0.15, -0.1) is 0 Å². The molecule has 0 aliphatic carbocycles. The van der Waals surface area contributed by atoms with Gasteiger partial charge in [0.15, 0.2) is 0 Å². The summed E-state index contributed by atoms with van der Waals surface area (Å²) in [7, 11) is 0. The van der Waals surface area contributed by atoms with E-state index in [0.29, 0.717) is 18.4 Å². The predicted octanol–water partition coefficient (Wildman–Crippen LogP) is 3.07. The summed E-state index contributed by atoms with van der Waals surface area (Å²) < 4.78 is 5.82. The highest BCUT2D eigenvalue weighted by molar-refractivity contribution is 5.35. The van der Waals surface area contributed by atoms with Crippen LogP contribution in [0.25, 0.3) is 0 Å². The van der Waals surface area contributed by atoms with Crippen LogP contribution in [-0.4, -0.2) is 46.7 Å². The highest BCUT2D eigenvalue weighted by Gasteiger charge is 2.27. The van der Waals surface area contributed by atoms with Crippen molar-refractivity contribution < 1.29 is 4.74 Å². The van der Waals surface area contributed by atoms with Crippen LogP contribution >= 0.6 is 0 Å². The number of anilines is 1. The first kappa shape index (κ1) is 20.1. The molecular formula is C23H32N4O2. The molecule has 1 fully saturated rings. The maximum atomic E-state index is 12.7. The average molecular weight is 397 g/mol. The van der Waals surface area contributed by atoms with Crippen LogP contribution in [0.15, 0.2) is 29.1 Å². The molecule has 0 saturated carbocycles. The van der Waals surface area contributed by atoms with Crippen LogP contribution in [0.4, 0.5) is 5.95 Å². The smallest absolute Gasteiger partial charge is 0.255 e. The minimum Gasteiger partial charge on any atom is -0.372 e. The molecule has 2 aromatic rings. The molecule has 29 heavy (non-hydrogen) atoms. The van der Waals surface area contributed by atoms with Crippen molar-refractivity contribution >= 4 is 5.95 Å². The third-order valence-electron chi connectivity index (χ3n) is 5.91. The van der Waals surface area contributed by atoms with Crippen molar-refractivity contribution in [2.24, 2.45) is 0 Å². The number of nitrogens with one attached hydrogen (secondary N) is 1. The first-order valence-corrected chi connectivity index (χ1v) is 10.7. The molecule has 0 bridgehead atoms. The highest BCUT2D eigenvalue weighted by atomic mass is 16.5. The first-order valence-electron chi connectivity index (χ1n) is 10.7. The van der Waals surface area contributed by atoms with E-state index in [-0.39, 0.29) is 17.8 Å². The molecule has 1 aromatic carbocycles. The lowest BCUT2D eigenvalue weighted by Gasteiger charge is -2.36. The Kier molecular flexibility index (Phi) is 5.74. The fourth-order valence-electron chi connectivity index (χ4n) is 4.38. The van der Waals surface area contributed by atoms with Gasteiger partial charge >= 0.3 is 0 Å². The summed E-state index contributed by atoms with van der Waals surface area (Å²) in [4.78, 5) is 25.1. The Morgan fingerprint density at radius 1 is 1.17 bits per heavy atom. The summed E-state index contributed by atoms with van der Waals surface area (Å²) in [5, 5.41) is 0. The molecule has 2 atom stereocenters. The highest BCUT2D eigenvalue weighted by Crippen LogP contribution is 2.22. The minimum absolute atomic E-state index is 0.0118. The second-order valence-electron chi connectivity index (χ2n) is 8.83. The number of nitrogens with zero attached hydrogens (tertiary/aromatic N) is 3. The minimum atomic E-state index is 0.0118. The van der Waals surface area contributed by atoms with E-state index in [4.69, 9.17) is 9.72 Å². The van der Waals surface area contributed by atoms with Gasteiger partial charge in [-0.25, -0.2) is 4.98 Å². The van der Waals surface area contributed by atoms with Gasteiger partial charge < -0.3 is 9.64 Å². The summed E-state index contributed by atoms with van der Waals surface area (Å²) >= 11 is 0. The molecule has 1 aromatic heterocycles. The molecule has 0 amide bonds. The number of fused-ring (bicyclic) bond motifs is 1. The number of hydrogen-bond acceptors (Lipinski definition) is 5. The number of ether oxygens (including phenoxy) is 1. The molecule has 2 aliphatic rings. The Labute approximate surface area is 172 Å². The van der Waals surface area contributed by atoms with Crippen molar-refractivity contribution in [2.75, 3.05) is 24.5 Å². The van der Waals surface area contributed by atoms with Crippen LogP contribution in [0.5, 0.6) is 0 Å². The van der Waals surface area contributed by atoms with Gasteiger partial charge in [-0.2, -0.15) is 0 Å². The Bertz CT molecular complexity index is 896. The fourth-order valence-corrected chi connectivity index (χ4v) is 4.38. The van der Waals surface area contributed by atoms with E-state index in [2.05, 4.69) is 66.7 Å². The summed E-state index contributed by atoms with van der Waals surface area (Å²) in [5.74, 6) is 1.23. The van der Waals surface area contributed by atoms with Crippen molar-refractivity contribution in [1.82, 2.24) is 14.9 Å². The van der Waals surface area contributed by atoms with Gasteiger partial charge in [-0.05, 0) is 37.3 Å². The maximum Gasteiger partial charge on any atom is 0.255 e. The van der Waals surface area contributed by atoms with E-state index in [1.165, 1.54) is 11.1 Å². The molecule has 156 valence electrons. The van der Waals surface area contributed by atoms with Crippen LogP contribution in [0.2, 0.25) is 0 Å². The molecule has 2 aliphatic heterocycles. The third kappa shape index (κ3) is 4.54. The third-order valence-corrected chi connectivity index (χ3v) is 5.91. The monoisotopic (exact) mass is 396 g/mol. The second kappa shape index (κ2) is 8.28. The molecule has 6 nitrogen and oxygen atoms in total. The number of rotatable bonds is 4. The summed E-state index contributed by atoms with van der Waals surface area (Å²) in [6.45, 7) is 12.5. The second-order valence-corrected chi connectivity index (χ2v) is 8.83. The van der Waals surface area contributed by atoms with E-state index in [9.17, 15) is 4.79 Å². The lowest BCUT2D eigenvalue weighted by molar-refractivity contribution is -0.00576. The normalized spacial score (nSPS) is 22.7. The SMILES string of the molecule is CC(C)c1ccc(CN2CCc3c(nc(N4C[C@@H](C)O[C@@H](C)C4)[nH]c3=O)C2)cc1. The van der Waals surface area contributed by atoms with Gasteiger partial charge in [-0.3, -0.25) is 14.7 Å². The Morgan fingerprint density at radius 3 is 2.52 bits per heavy atom. The summed E-state index contributed by atoms with van der Waals surface area (Å²) in [6, 6.07) is 8.88. The van der Waals surface area contributed by atoms with Crippen molar-refractivity contribution in [3.63, 3.8) is 0 Å². The topological polar surface area (TPSA) is 61.5 Å². The van der Waals surface area contributed by atoms with Gasteiger partial charge in [0.2, 0.25) is 5.95 Å². The van der Waals surface area contributed by atoms with Gasteiger partial charge in [0, 0.05) is 38.3 Å². The van der Waals surface area contributed by atoms with Crippen LogP contribution in [-0.2, 0) is 24.2 Å².